The average Bonchev–Trinajstić information content (AvgIpc) is 2.36. The van der Waals surface area contributed by atoms with E-state index in [-0.39, 0.29) is 6.04 Å². The molecule has 4 heteroatoms. The molecule has 1 rings (SSSR count). The zero-order valence-electron chi connectivity index (χ0n) is 13.0. The maximum Gasteiger partial charge on any atom is 0.119 e. The second kappa shape index (κ2) is 9.14. The van der Waals surface area contributed by atoms with Crippen molar-refractivity contribution in [2.75, 3.05) is 18.6 Å². The Morgan fingerprint density at radius 1 is 1.20 bits per heavy atom. The largest absolute Gasteiger partial charge is 0.494 e. The summed E-state index contributed by atoms with van der Waals surface area (Å²) in [6.45, 7) is 8.02. The fraction of sp³-hybridized carbons (Fsp3) is 0.625. The molecule has 0 bridgehead atoms. The van der Waals surface area contributed by atoms with Gasteiger partial charge in [0.15, 0.2) is 0 Å². The highest BCUT2D eigenvalue weighted by atomic mass is 32.2. The second-order valence-corrected chi connectivity index (χ2v) is 7.18. The normalized spacial score (nSPS) is 14.2. The maximum atomic E-state index is 11.1. The van der Waals surface area contributed by atoms with Crippen molar-refractivity contribution < 1.29 is 8.95 Å². The van der Waals surface area contributed by atoms with Gasteiger partial charge in [-0.05, 0) is 37.0 Å². The molecule has 0 aliphatic carbocycles. The molecule has 0 fully saturated rings. The Labute approximate surface area is 125 Å². The lowest BCUT2D eigenvalue weighted by Gasteiger charge is -2.13. The number of benzene rings is 1. The average molecular weight is 297 g/mol. The first-order chi connectivity index (χ1) is 9.47. The highest BCUT2D eigenvalue weighted by Gasteiger charge is 2.04. The zero-order chi connectivity index (χ0) is 15.0. The molecule has 0 aromatic heterocycles. The van der Waals surface area contributed by atoms with Gasteiger partial charge in [0.25, 0.3) is 0 Å². The van der Waals surface area contributed by atoms with E-state index in [4.69, 9.17) is 4.74 Å². The number of hydrogen-bond acceptors (Lipinski definition) is 3. The molecule has 0 aliphatic heterocycles. The highest BCUT2D eigenvalue weighted by molar-refractivity contribution is 7.84. The molecule has 0 aliphatic rings. The molecule has 0 amide bonds. The number of rotatable bonds is 9. The van der Waals surface area contributed by atoms with Crippen molar-refractivity contribution in [1.29, 1.82) is 0 Å². The van der Waals surface area contributed by atoms with Gasteiger partial charge in [-0.25, -0.2) is 0 Å². The van der Waals surface area contributed by atoms with E-state index in [2.05, 4.69) is 38.2 Å². The maximum absolute atomic E-state index is 11.1. The lowest BCUT2D eigenvalue weighted by atomic mass is 10.1. The lowest BCUT2D eigenvalue weighted by Crippen LogP contribution is -2.30. The Balaban J connectivity index is 2.33. The molecule has 0 saturated heterocycles. The van der Waals surface area contributed by atoms with Crippen LogP contribution in [0.25, 0.3) is 0 Å². The third kappa shape index (κ3) is 7.65. The van der Waals surface area contributed by atoms with Crippen LogP contribution < -0.4 is 10.1 Å². The van der Waals surface area contributed by atoms with Gasteiger partial charge in [0, 0.05) is 35.4 Å². The second-order valence-electron chi connectivity index (χ2n) is 5.70. The van der Waals surface area contributed by atoms with E-state index in [1.54, 1.807) is 6.26 Å². The summed E-state index contributed by atoms with van der Waals surface area (Å²) in [7, 11) is -0.748. The Kier molecular flexibility index (Phi) is 7.85. The van der Waals surface area contributed by atoms with Crippen molar-refractivity contribution >= 4 is 10.8 Å². The van der Waals surface area contributed by atoms with Gasteiger partial charge < -0.3 is 10.1 Å². The van der Waals surface area contributed by atoms with E-state index in [0.29, 0.717) is 11.7 Å². The molecule has 0 heterocycles. The molecule has 0 spiro atoms. The summed E-state index contributed by atoms with van der Waals surface area (Å²) in [6.07, 6.45) is 2.82. The summed E-state index contributed by atoms with van der Waals surface area (Å²) in [6, 6.07) is 8.45. The molecule has 1 aromatic rings. The van der Waals surface area contributed by atoms with Crippen LogP contribution in [0.2, 0.25) is 0 Å². The summed E-state index contributed by atoms with van der Waals surface area (Å²) in [5, 5.41) is 3.37. The topological polar surface area (TPSA) is 38.3 Å². The smallest absolute Gasteiger partial charge is 0.119 e. The summed E-state index contributed by atoms with van der Waals surface area (Å²) in [5.41, 5.74) is 1.22. The first kappa shape index (κ1) is 17.2. The van der Waals surface area contributed by atoms with E-state index in [1.165, 1.54) is 5.56 Å². The molecule has 0 saturated carbocycles. The van der Waals surface area contributed by atoms with E-state index in [0.717, 1.165) is 25.3 Å². The van der Waals surface area contributed by atoms with E-state index >= 15 is 0 Å². The molecule has 20 heavy (non-hydrogen) atoms. The fourth-order valence-electron chi connectivity index (χ4n) is 1.82. The van der Waals surface area contributed by atoms with Crippen LogP contribution in [-0.4, -0.2) is 28.9 Å². The first-order valence-electron chi connectivity index (χ1n) is 7.22. The molecule has 1 N–H and O–H groups in total. The third-order valence-corrected chi connectivity index (χ3v) is 4.00. The minimum absolute atomic E-state index is 0.266. The molecule has 3 nitrogen and oxygen atoms in total. The van der Waals surface area contributed by atoms with Gasteiger partial charge in [0.1, 0.15) is 5.75 Å². The van der Waals surface area contributed by atoms with Gasteiger partial charge in [-0.2, -0.15) is 0 Å². The minimum Gasteiger partial charge on any atom is -0.494 e. The van der Waals surface area contributed by atoms with Crippen LogP contribution in [0.4, 0.5) is 0 Å². The van der Waals surface area contributed by atoms with Crippen molar-refractivity contribution in [3.05, 3.63) is 29.8 Å². The molecule has 114 valence electrons. The van der Waals surface area contributed by atoms with Gasteiger partial charge >= 0.3 is 0 Å². The van der Waals surface area contributed by atoms with E-state index in [1.807, 2.05) is 12.1 Å². The van der Waals surface area contributed by atoms with Crippen LogP contribution in [0.3, 0.4) is 0 Å². The fourth-order valence-corrected chi connectivity index (χ4v) is 2.64. The van der Waals surface area contributed by atoms with Crippen LogP contribution >= 0.6 is 0 Å². The summed E-state index contributed by atoms with van der Waals surface area (Å²) >= 11 is 0. The van der Waals surface area contributed by atoms with Crippen LogP contribution in [0, 0.1) is 5.92 Å². The highest BCUT2D eigenvalue weighted by Crippen LogP contribution is 2.13. The van der Waals surface area contributed by atoms with Crippen LogP contribution in [-0.2, 0) is 17.3 Å². The van der Waals surface area contributed by atoms with Crippen molar-refractivity contribution in [2.45, 2.75) is 39.8 Å². The predicted molar refractivity (Wildman–Crippen MR) is 86.6 cm³/mol. The zero-order valence-corrected chi connectivity index (χ0v) is 13.8. The molecule has 0 radical (unpaired) electrons. The van der Waals surface area contributed by atoms with Crippen molar-refractivity contribution in [3.8, 4) is 5.75 Å². The Hall–Kier alpha value is -0.870. The standard InChI is InChI=1S/C16H27NO2S/c1-13(2)9-10-19-16-7-5-15(6-8-16)11-17-14(3)12-20(4)18/h5-8,13-14,17H,9-12H2,1-4H3. The minimum atomic E-state index is -0.748. The molecule has 2 unspecified atom stereocenters. The Morgan fingerprint density at radius 2 is 1.85 bits per heavy atom. The summed E-state index contributed by atoms with van der Waals surface area (Å²) in [4.78, 5) is 0. The van der Waals surface area contributed by atoms with Gasteiger partial charge in [0.2, 0.25) is 0 Å². The molecular weight excluding hydrogens is 270 g/mol. The van der Waals surface area contributed by atoms with Crippen LogP contribution in [0.5, 0.6) is 5.75 Å². The van der Waals surface area contributed by atoms with Crippen LogP contribution in [0.1, 0.15) is 32.8 Å². The molecular formula is C16H27NO2S. The summed E-state index contributed by atoms with van der Waals surface area (Å²) in [5.74, 6) is 2.29. The third-order valence-electron chi connectivity index (χ3n) is 3.03. The Bertz CT molecular complexity index is 403. The lowest BCUT2D eigenvalue weighted by molar-refractivity contribution is 0.289. The first-order valence-corrected chi connectivity index (χ1v) is 8.95. The van der Waals surface area contributed by atoms with Gasteiger partial charge in [-0.3, -0.25) is 4.21 Å². The summed E-state index contributed by atoms with van der Waals surface area (Å²) < 4.78 is 16.8. The SMILES string of the molecule is CC(C)CCOc1ccc(CNC(C)CS(C)=O)cc1. The van der Waals surface area contributed by atoms with Gasteiger partial charge in [0.05, 0.1) is 6.61 Å². The Morgan fingerprint density at radius 3 is 2.40 bits per heavy atom. The van der Waals surface area contributed by atoms with E-state index < -0.39 is 10.8 Å². The van der Waals surface area contributed by atoms with Crippen molar-refractivity contribution in [1.82, 2.24) is 5.32 Å². The van der Waals surface area contributed by atoms with Gasteiger partial charge in [-0.15, -0.1) is 0 Å². The molecule has 1 aromatic carbocycles. The van der Waals surface area contributed by atoms with E-state index in [9.17, 15) is 4.21 Å². The molecule has 2 atom stereocenters. The monoisotopic (exact) mass is 297 g/mol. The van der Waals surface area contributed by atoms with Gasteiger partial charge in [-0.1, -0.05) is 26.0 Å². The van der Waals surface area contributed by atoms with Crippen molar-refractivity contribution in [3.63, 3.8) is 0 Å². The quantitative estimate of drug-likeness (QED) is 0.761. The predicted octanol–water partition coefficient (Wildman–Crippen LogP) is 2.97. The number of nitrogens with one attached hydrogen (secondary N) is 1. The number of ether oxygens (including phenoxy) is 1. The number of hydrogen-bond donors (Lipinski definition) is 1. The van der Waals surface area contributed by atoms with Crippen LogP contribution in [0.15, 0.2) is 24.3 Å². The van der Waals surface area contributed by atoms with Crippen molar-refractivity contribution in [2.24, 2.45) is 5.92 Å².